The van der Waals surface area contributed by atoms with Crippen LogP contribution in [0.2, 0.25) is 0 Å². The SMILES string of the molecule is OC(F)(F)C(F)(CC1=C2CCC(C2)C1)C(F)(F)F. The van der Waals surface area contributed by atoms with Crippen molar-refractivity contribution < 1.29 is 31.4 Å². The Labute approximate surface area is 99.5 Å². The third-order valence-electron chi connectivity index (χ3n) is 3.81. The zero-order valence-electron chi connectivity index (χ0n) is 9.33. The highest BCUT2D eigenvalue weighted by Crippen LogP contribution is 2.53. The highest BCUT2D eigenvalue weighted by atomic mass is 19.4. The van der Waals surface area contributed by atoms with Crippen LogP contribution in [-0.2, 0) is 0 Å². The standard InChI is InChI=1S/C11H12F6O/c12-9(10(13,14)15,11(16,17)18)5-8-4-6-1-2-7(8)3-6/h6,18H,1-5H2. The third kappa shape index (κ3) is 2.02. The zero-order valence-corrected chi connectivity index (χ0v) is 9.33. The lowest BCUT2D eigenvalue weighted by molar-refractivity contribution is -0.368. The summed E-state index contributed by atoms with van der Waals surface area (Å²) < 4.78 is 76.2. The lowest BCUT2D eigenvalue weighted by Crippen LogP contribution is -2.55. The van der Waals surface area contributed by atoms with Gasteiger partial charge in [-0.1, -0.05) is 11.1 Å². The van der Waals surface area contributed by atoms with Gasteiger partial charge in [-0.2, -0.15) is 22.0 Å². The molecule has 7 heteroatoms. The summed E-state index contributed by atoms with van der Waals surface area (Å²) in [6.45, 7) is 0. The van der Waals surface area contributed by atoms with E-state index in [0.29, 0.717) is 18.4 Å². The quantitative estimate of drug-likeness (QED) is 0.614. The third-order valence-corrected chi connectivity index (χ3v) is 3.81. The van der Waals surface area contributed by atoms with Crippen molar-refractivity contribution in [2.45, 2.75) is 50.1 Å². The van der Waals surface area contributed by atoms with Gasteiger partial charge in [0.05, 0.1) is 0 Å². The van der Waals surface area contributed by atoms with Crippen LogP contribution in [0.3, 0.4) is 0 Å². The zero-order chi connectivity index (χ0) is 13.8. The molecule has 0 radical (unpaired) electrons. The fourth-order valence-electron chi connectivity index (χ4n) is 2.79. The summed E-state index contributed by atoms with van der Waals surface area (Å²) >= 11 is 0. The number of allylic oxidation sites excluding steroid dienone is 2. The van der Waals surface area contributed by atoms with E-state index in [4.69, 9.17) is 5.11 Å². The maximum atomic E-state index is 13.6. The van der Waals surface area contributed by atoms with Crippen molar-refractivity contribution in [3.63, 3.8) is 0 Å². The van der Waals surface area contributed by atoms with Gasteiger partial charge in [0.1, 0.15) is 0 Å². The molecule has 104 valence electrons. The van der Waals surface area contributed by atoms with Gasteiger partial charge in [-0.3, -0.25) is 0 Å². The Hall–Kier alpha value is -0.720. The fourth-order valence-corrected chi connectivity index (χ4v) is 2.79. The minimum Gasteiger partial charge on any atom is -0.333 e. The Morgan fingerprint density at radius 2 is 1.67 bits per heavy atom. The van der Waals surface area contributed by atoms with Gasteiger partial charge < -0.3 is 5.11 Å². The second-order valence-corrected chi connectivity index (χ2v) is 5.04. The van der Waals surface area contributed by atoms with Crippen molar-refractivity contribution in [3.05, 3.63) is 11.1 Å². The van der Waals surface area contributed by atoms with E-state index in [1.807, 2.05) is 0 Å². The summed E-state index contributed by atoms with van der Waals surface area (Å²) in [7, 11) is 0. The molecule has 0 aromatic carbocycles. The van der Waals surface area contributed by atoms with Gasteiger partial charge in [0.25, 0.3) is 5.67 Å². The van der Waals surface area contributed by atoms with Crippen LogP contribution in [0, 0.1) is 5.92 Å². The monoisotopic (exact) mass is 274 g/mol. The second-order valence-electron chi connectivity index (χ2n) is 5.04. The first-order valence-corrected chi connectivity index (χ1v) is 5.60. The topological polar surface area (TPSA) is 20.2 Å². The first-order chi connectivity index (χ1) is 8.04. The van der Waals surface area contributed by atoms with E-state index in [-0.39, 0.29) is 17.9 Å². The molecule has 0 saturated heterocycles. The van der Waals surface area contributed by atoms with Crippen LogP contribution >= 0.6 is 0 Å². The second kappa shape index (κ2) is 3.88. The Morgan fingerprint density at radius 1 is 1.06 bits per heavy atom. The molecule has 2 rings (SSSR count). The molecule has 0 spiro atoms. The van der Waals surface area contributed by atoms with Crippen LogP contribution in [0.4, 0.5) is 26.3 Å². The van der Waals surface area contributed by atoms with Gasteiger partial charge in [0.2, 0.25) is 0 Å². The molecule has 2 aliphatic rings. The Kier molecular flexibility index (Phi) is 2.96. The van der Waals surface area contributed by atoms with Crippen LogP contribution < -0.4 is 0 Å². The number of aliphatic hydroxyl groups is 1. The molecule has 0 aliphatic heterocycles. The number of hydrogen-bond acceptors (Lipinski definition) is 1. The normalized spacial score (nSPS) is 27.8. The Morgan fingerprint density at radius 3 is 2.00 bits per heavy atom. The van der Waals surface area contributed by atoms with Gasteiger partial charge in [-0.15, -0.1) is 0 Å². The van der Waals surface area contributed by atoms with E-state index in [9.17, 15) is 26.3 Å². The summed E-state index contributed by atoms with van der Waals surface area (Å²) in [5.74, 6) is 0.153. The molecule has 2 bridgehead atoms. The molecule has 18 heavy (non-hydrogen) atoms. The summed E-state index contributed by atoms with van der Waals surface area (Å²) in [5, 5.41) is 8.25. The Bertz CT molecular complexity index is 364. The van der Waals surface area contributed by atoms with Crippen LogP contribution in [0.25, 0.3) is 0 Å². The molecule has 1 nitrogen and oxygen atoms in total. The summed E-state index contributed by atoms with van der Waals surface area (Å²) in [4.78, 5) is 0. The minimum atomic E-state index is -5.80. The van der Waals surface area contributed by atoms with Crippen molar-refractivity contribution in [2.24, 2.45) is 5.92 Å². The molecular weight excluding hydrogens is 262 g/mol. The largest absolute Gasteiger partial charge is 0.431 e. The average Bonchev–Trinajstić information content (AvgIpc) is 2.75. The van der Waals surface area contributed by atoms with Gasteiger partial charge >= 0.3 is 12.3 Å². The molecule has 1 fully saturated rings. The molecule has 0 heterocycles. The van der Waals surface area contributed by atoms with E-state index in [0.717, 1.165) is 6.42 Å². The molecule has 1 N–H and O–H groups in total. The smallest absolute Gasteiger partial charge is 0.333 e. The summed E-state index contributed by atoms with van der Waals surface area (Å²) in [5.41, 5.74) is -4.15. The van der Waals surface area contributed by atoms with E-state index in [1.54, 1.807) is 0 Å². The van der Waals surface area contributed by atoms with Crippen molar-refractivity contribution in [1.82, 2.24) is 0 Å². The first kappa shape index (κ1) is 13.7. The van der Waals surface area contributed by atoms with E-state index in [2.05, 4.69) is 0 Å². The minimum absolute atomic E-state index is 0.0970. The van der Waals surface area contributed by atoms with Crippen molar-refractivity contribution in [2.75, 3.05) is 0 Å². The number of rotatable bonds is 3. The lowest BCUT2D eigenvalue weighted by Gasteiger charge is -2.32. The predicted molar refractivity (Wildman–Crippen MR) is 50.7 cm³/mol. The average molecular weight is 274 g/mol. The van der Waals surface area contributed by atoms with Crippen LogP contribution in [0.1, 0.15) is 32.1 Å². The van der Waals surface area contributed by atoms with E-state index >= 15 is 0 Å². The van der Waals surface area contributed by atoms with E-state index in [1.165, 1.54) is 0 Å². The fraction of sp³-hybridized carbons (Fsp3) is 0.818. The summed E-state index contributed by atoms with van der Waals surface area (Å²) in [6, 6.07) is 0. The molecule has 2 atom stereocenters. The molecule has 0 amide bonds. The molecular formula is C11H12F6O. The molecule has 1 saturated carbocycles. The van der Waals surface area contributed by atoms with Crippen LogP contribution in [-0.4, -0.2) is 23.1 Å². The highest BCUT2D eigenvalue weighted by Gasteiger charge is 2.71. The highest BCUT2D eigenvalue weighted by molar-refractivity contribution is 5.28. The van der Waals surface area contributed by atoms with Crippen molar-refractivity contribution in [1.29, 1.82) is 0 Å². The van der Waals surface area contributed by atoms with Gasteiger partial charge in [-0.05, 0) is 31.6 Å². The maximum Gasteiger partial charge on any atom is 0.431 e. The van der Waals surface area contributed by atoms with E-state index < -0.39 is 24.4 Å². The maximum absolute atomic E-state index is 13.6. The molecule has 0 aromatic rings. The van der Waals surface area contributed by atoms with Crippen molar-refractivity contribution >= 4 is 0 Å². The molecule has 2 unspecified atom stereocenters. The number of alkyl halides is 6. The first-order valence-electron chi connectivity index (χ1n) is 5.60. The van der Waals surface area contributed by atoms with Crippen LogP contribution in [0.5, 0.6) is 0 Å². The number of halogens is 6. The van der Waals surface area contributed by atoms with Gasteiger partial charge in [0, 0.05) is 6.42 Å². The van der Waals surface area contributed by atoms with Crippen LogP contribution in [0.15, 0.2) is 11.1 Å². The number of hydrogen-bond donors (Lipinski definition) is 1. The molecule has 2 aliphatic carbocycles. The lowest BCUT2D eigenvalue weighted by atomic mass is 9.88. The van der Waals surface area contributed by atoms with Gasteiger partial charge in [-0.25, -0.2) is 4.39 Å². The predicted octanol–water partition coefficient (Wildman–Crippen LogP) is 3.73. The van der Waals surface area contributed by atoms with Gasteiger partial charge in [0.15, 0.2) is 0 Å². The molecule has 0 aromatic heterocycles. The van der Waals surface area contributed by atoms with Crippen molar-refractivity contribution in [3.8, 4) is 0 Å². The summed E-state index contributed by atoms with van der Waals surface area (Å²) in [6.07, 6.45) is -10.5. The Balaban J connectivity index is 2.28. The number of fused-ring (bicyclic) bond motifs is 2.